The fraction of sp³-hybridized carbons (Fsp3) is 0.323. The van der Waals surface area contributed by atoms with Gasteiger partial charge < -0.3 is 20.3 Å². The van der Waals surface area contributed by atoms with Gasteiger partial charge in [-0.1, -0.05) is 78.9 Å². The van der Waals surface area contributed by atoms with Crippen LogP contribution >= 0.6 is 0 Å². The van der Waals surface area contributed by atoms with E-state index in [0.717, 1.165) is 27.8 Å². The highest BCUT2D eigenvalue weighted by Gasteiger charge is 2.41. The highest BCUT2D eigenvalue weighted by molar-refractivity contribution is 5.92. The predicted molar refractivity (Wildman–Crippen MR) is 144 cm³/mol. The van der Waals surface area contributed by atoms with E-state index in [0.29, 0.717) is 13.0 Å². The Kier molecular flexibility index (Phi) is 6.93. The number of nitrogens with zero attached hydrogens (tertiary/aromatic N) is 1. The number of alkyl carbamates (subject to hydrolysis) is 1. The second kappa shape index (κ2) is 10.3. The Morgan fingerprint density at radius 1 is 0.868 bits per heavy atom. The molecule has 0 bridgehead atoms. The van der Waals surface area contributed by atoms with E-state index < -0.39 is 29.8 Å². The van der Waals surface area contributed by atoms with Crippen molar-refractivity contribution in [2.75, 3.05) is 0 Å². The maximum Gasteiger partial charge on any atom is 0.408 e. The number of fused-ring (bicyclic) bond motifs is 2. The van der Waals surface area contributed by atoms with Crippen molar-refractivity contribution in [3.05, 3.63) is 107 Å². The summed E-state index contributed by atoms with van der Waals surface area (Å²) in [5.41, 5.74) is 4.00. The van der Waals surface area contributed by atoms with Crippen molar-refractivity contribution >= 4 is 17.9 Å². The third-order valence-electron chi connectivity index (χ3n) is 7.00. The zero-order valence-electron chi connectivity index (χ0n) is 21.9. The predicted octanol–water partition coefficient (Wildman–Crippen LogP) is 4.62. The van der Waals surface area contributed by atoms with Crippen LogP contribution in [0.4, 0.5) is 4.79 Å². The minimum atomic E-state index is -0.779. The molecule has 5 rings (SSSR count). The standard InChI is InChI=1S/C31H33N3O4/c1-31(2,3)38-30(37)33-27-23-15-9-7-13-21(23)17-25(27)32-29(36)28-24-16-10-8-14-22(24)18-26(35)34(28)19-20-11-5-4-6-12-20/h4-16,25,27-28H,17-19H2,1-3H3,(H,32,36)(H,33,37)/t25?,27-,28?/m0/s1. The molecule has 3 aromatic rings. The van der Waals surface area contributed by atoms with Gasteiger partial charge in [-0.05, 0) is 55.0 Å². The molecule has 7 nitrogen and oxygen atoms in total. The van der Waals surface area contributed by atoms with Crippen LogP contribution in [0, 0.1) is 0 Å². The van der Waals surface area contributed by atoms with E-state index in [2.05, 4.69) is 10.6 Å². The minimum absolute atomic E-state index is 0.0918. The first-order valence-electron chi connectivity index (χ1n) is 13.0. The summed E-state index contributed by atoms with van der Waals surface area (Å²) in [5.74, 6) is -0.360. The molecule has 3 amide bonds. The molecule has 0 aromatic heterocycles. The normalized spacial score (nSPS) is 20.3. The molecule has 0 saturated heterocycles. The van der Waals surface area contributed by atoms with Crippen LogP contribution in [0.1, 0.15) is 60.7 Å². The number of carbonyl (C=O) groups is 3. The largest absolute Gasteiger partial charge is 0.444 e. The van der Waals surface area contributed by atoms with Crippen molar-refractivity contribution in [1.29, 1.82) is 0 Å². The van der Waals surface area contributed by atoms with E-state index in [-0.39, 0.29) is 18.2 Å². The molecule has 38 heavy (non-hydrogen) atoms. The summed E-state index contributed by atoms with van der Waals surface area (Å²) < 4.78 is 5.51. The van der Waals surface area contributed by atoms with Crippen molar-refractivity contribution in [3.8, 4) is 0 Å². The molecule has 0 fully saturated rings. The van der Waals surface area contributed by atoms with Crippen LogP contribution in [-0.4, -0.2) is 34.5 Å². The summed E-state index contributed by atoms with van der Waals surface area (Å²) >= 11 is 0. The van der Waals surface area contributed by atoms with Crippen molar-refractivity contribution in [1.82, 2.24) is 15.5 Å². The SMILES string of the molecule is CC(C)(C)OC(=O)N[C@H]1c2ccccc2CC1NC(=O)C1c2ccccc2CC(=O)N1Cc1ccccc1. The van der Waals surface area contributed by atoms with E-state index >= 15 is 0 Å². The smallest absolute Gasteiger partial charge is 0.408 e. The van der Waals surface area contributed by atoms with E-state index in [4.69, 9.17) is 4.74 Å². The van der Waals surface area contributed by atoms with E-state index in [1.807, 2.05) is 99.6 Å². The van der Waals surface area contributed by atoms with Crippen LogP contribution in [-0.2, 0) is 33.7 Å². The summed E-state index contributed by atoms with van der Waals surface area (Å²) in [6, 6.07) is 23.5. The third-order valence-corrected chi connectivity index (χ3v) is 7.00. The van der Waals surface area contributed by atoms with Gasteiger partial charge in [0.05, 0.1) is 18.5 Å². The molecule has 1 aliphatic carbocycles. The molecular formula is C31H33N3O4. The van der Waals surface area contributed by atoms with Crippen LogP contribution in [0.15, 0.2) is 78.9 Å². The van der Waals surface area contributed by atoms with Gasteiger partial charge in [0.1, 0.15) is 11.6 Å². The van der Waals surface area contributed by atoms with Crippen LogP contribution in [0.25, 0.3) is 0 Å². The fourth-order valence-corrected chi connectivity index (χ4v) is 5.38. The Hall–Kier alpha value is -4.13. The Morgan fingerprint density at radius 2 is 1.50 bits per heavy atom. The van der Waals surface area contributed by atoms with Gasteiger partial charge in [0, 0.05) is 6.54 Å². The highest BCUT2D eigenvalue weighted by atomic mass is 16.6. The molecule has 196 valence electrons. The van der Waals surface area contributed by atoms with Gasteiger partial charge in [-0.3, -0.25) is 9.59 Å². The Morgan fingerprint density at radius 3 is 2.21 bits per heavy atom. The third kappa shape index (κ3) is 5.42. The molecule has 3 atom stereocenters. The summed E-state index contributed by atoms with van der Waals surface area (Å²) in [6.07, 6.45) is 0.274. The average Bonchev–Trinajstić information content (AvgIpc) is 3.20. The molecule has 1 aliphatic heterocycles. The second-order valence-electron chi connectivity index (χ2n) is 10.9. The number of hydrogen-bond acceptors (Lipinski definition) is 4. The van der Waals surface area contributed by atoms with Gasteiger partial charge in [0.2, 0.25) is 11.8 Å². The molecule has 2 N–H and O–H groups in total. The molecule has 3 aromatic carbocycles. The maximum absolute atomic E-state index is 14.0. The molecule has 2 unspecified atom stereocenters. The number of hydrogen-bond donors (Lipinski definition) is 2. The van der Waals surface area contributed by atoms with Gasteiger partial charge >= 0.3 is 6.09 Å². The quantitative estimate of drug-likeness (QED) is 0.523. The summed E-state index contributed by atoms with van der Waals surface area (Å²) in [6.45, 7) is 5.77. The minimum Gasteiger partial charge on any atom is -0.444 e. The first-order valence-corrected chi connectivity index (χ1v) is 13.0. The molecule has 0 spiro atoms. The fourth-order valence-electron chi connectivity index (χ4n) is 5.38. The molecule has 0 saturated carbocycles. The van der Waals surface area contributed by atoms with Gasteiger partial charge in [0.25, 0.3) is 0 Å². The Balaban J connectivity index is 1.43. The van der Waals surface area contributed by atoms with E-state index in [9.17, 15) is 14.4 Å². The van der Waals surface area contributed by atoms with Crippen molar-refractivity contribution in [2.24, 2.45) is 0 Å². The number of nitrogens with one attached hydrogen (secondary N) is 2. The monoisotopic (exact) mass is 511 g/mol. The zero-order valence-corrected chi connectivity index (χ0v) is 21.9. The average molecular weight is 512 g/mol. The van der Waals surface area contributed by atoms with Crippen LogP contribution in [0.2, 0.25) is 0 Å². The lowest BCUT2D eigenvalue weighted by Gasteiger charge is -2.37. The first-order chi connectivity index (χ1) is 18.2. The molecule has 1 heterocycles. The topological polar surface area (TPSA) is 87.7 Å². The Bertz CT molecular complexity index is 1350. The van der Waals surface area contributed by atoms with E-state index in [1.54, 1.807) is 4.90 Å². The van der Waals surface area contributed by atoms with Crippen molar-refractivity contribution < 1.29 is 19.1 Å². The number of ether oxygens (including phenoxy) is 1. The Labute approximate surface area is 223 Å². The first kappa shape index (κ1) is 25.5. The summed E-state index contributed by atoms with van der Waals surface area (Å²) in [5, 5.41) is 6.16. The van der Waals surface area contributed by atoms with Gasteiger partial charge in [-0.25, -0.2) is 4.79 Å². The van der Waals surface area contributed by atoms with E-state index in [1.165, 1.54) is 0 Å². The number of benzene rings is 3. The van der Waals surface area contributed by atoms with Crippen LogP contribution in [0.3, 0.4) is 0 Å². The number of amides is 3. The zero-order chi connectivity index (χ0) is 26.9. The van der Waals surface area contributed by atoms with Gasteiger partial charge in [0.15, 0.2) is 0 Å². The highest BCUT2D eigenvalue weighted by Crippen LogP contribution is 2.35. The molecule has 0 radical (unpaired) electrons. The molecule has 7 heteroatoms. The maximum atomic E-state index is 14.0. The lowest BCUT2D eigenvalue weighted by Crippen LogP contribution is -2.51. The molecule has 2 aliphatic rings. The molecular weight excluding hydrogens is 478 g/mol. The lowest BCUT2D eigenvalue weighted by molar-refractivity contribution is -0.142. The lowest BCUT2D eigenvalue weighted by atomic mass is 9.90. The van der Waals surface area contributed by atoms with Gasteiger partial charge in [-0.2, -0.15) is 0 Å². The summed E-state index contributed by atoms with van der Waals surface area (Å²) in [4.78, 5) is 41.7. The second-order valence-corrected chi connectivity index (χ2v) is 10.9. The van der Waals surface area contributed by atoms with Crippen LogP contribution in [0.5, 0.6) is 0 Å². The number of carbonyl (C=O) groups excluding carboxylic acids is 3. The van der Waals surface area contributed by atoms with Gasteiger partial charge in [-0.15, -0.1) is 0 Å². The number of rotatable bonds is 5. The van der Waals surface area contributed by atoms with Crippen molar-refractivity contribution in [2.45, 2.75) is 63.9 Å². The summed E-state index contributed by atoms with van der Waals surface area (Å²) in [7, 11) is 0. The van der Waals surface area contributed by atoms with Crippen LogP contribution < -0.4 is 10.6 Å². The van der Waals surface area contributed by atoms with Crippen molar-refractivity contribution in [3.63, 3.8) is 0 Å².